The third-order valence-electron chi connectivity index (χ3n) is 4.32. The molecule has 2 heterocycles. The molecule has 1 aromatic carbocycles. The van der Waals surface area contributed by atoms with E-state index in [1.54, 1.807) is 0 Å². The second-order valence-electron chi connectivity index (χ2n) is 6.83. The summed E-state index contributed by atoms with van der Waals surface area (Å²) < 4.78 is 5.77. The minimum Gasteiger partial charge on any atom is -0.493 e. The third kappa shape index (κ3) is 5.70. The van der Waals surface area contributed by atoms with Crippen LogP contribution in [-0.2, 0) is 6.54 Å². The van der Waals surface area contributed by atoms with Gasteiger partial charge in [0, 0.05) is 44.6 Å². The van der Waals surface area contributed by atoms with Gasteiger partial charge in [-0.3, -0.25) is 9.88 Å². The fraction of sp³-hybridized carbons (Fsp3) is 0.450. The Balaban J connectivity index is 0.00000225. The predicted octanol–water partition coefficient (Wildman–Crippen LogP) is 3.68. The number of hydrogen-bond acceptors (Lipinski definition) is 4. The van der Waals surface area contributed by atoms with Crippen LogP contribution in [0, 0.1) is 5.92 Å². The average molecular weight is 362 g/mol. The molecule has 0 spiro atoms. The highest BCUT2D eigenvalue weighted by molar-refractivity contribution is 5.85. The van der Waals surface area contributed by atoms with Crippen LogP contribution in [0.15, 0.2) is 48.8 Å². The molecule has 5 heteroatoms. The number of aromatic nitrogens is 1. The summed E-state index contributed by atoms with van der Waals surface area (Å²) in [5, 5.41) is 3.50. The lowest BCUT2D eigenvalue weighted by Gasteiger charge is -2.36. The molecule has 1 aromatic heterocycles. The minimum atomic E-state index is 0. The maximum Gasteiger partial charge on any atom is 0.119 e. The van der Waals surface area contributed by atoms with Crippen LogP contribution in [0.1, 0.15) is 31.0 Å². The molecular formula is C20H28ClN3O. The lowest BCUT2D eigenvalue weighted by molar-refractivity contribution is 0.153. The third-order valence-corrected chi connectivity index (χ3v) is 4.32. The molecule has 25 heavy (non-hydrogen) atoms. The number of pyridine rings is 1. The van der Waals surface area contributed by atoms with Crippen LogP contribution < -0.4 is 10.1 Å². The van der Waals surface area contributed by atoms with Crippen molar-refractivity contribution in [3.05, 3.63) is 59.9 Å². The van der Waals surface area contributed by atoms with Crippen molar-refractivity contribution in [1.82, 2.24) is 15.2 Å². The normalized spacial score (nSPS) is 18.0. The van der Waals surface area contributed by atoms with Crippen LogP contribution >= 0.6 is 12.4 Å². The summed E-state index contributed by atoms with van der Waals surface area (Å²) in [4.78, 5) is 6.80. The van der Waals surface area contributed by atoms with Gasteiger partial charge in [0.2, 0.25) is 0 Å². The van der Waals surface area contributed by atoms with E-state index in [1.165, 1.54) is 11.1 Å². The molecule has 0 amide bonds. The Morgan fingerprint density at radius 1 is 1.24 bits per heavy atom. The first-order valence-electron chi connectivity index (χ1n) is 8.79. The topological polar surface area (TPSA) is 37.4 Å². The Bertz CT molecular complexity index is 619. The first kappa shape index (κ1) is 19.7. The second kappa shape index (κ2) is 9.76. The van der Waals surface area contributed by atoms with Crippen molar-refractivity contribution < 1.29 is 4.74 Å². The maximum absolute atomic E-state index is 5.77. The molecule has 0 radical (unpaired) electrons. The Kier molecular flexibility index (Phi) is 7.69. The summed E-state index contributed by atoms with van der Waals surface area (Å²) in [7, 11) is 0. The van der Waals surface area contributed by atoms with E-state index in [4.69, 9.17) is 4.74 Å². The van der Waals surface area contributed by atoms with Gasteiger partial charge in [-0.1, -0.05) is 32.0 Å². The number of benzene rings is 1. The Morgan fingerprint density at radius 3 is 2.72 bits per heavy atom. The van der Waals surface area contributed by atoms with Crippen molar-refractivity contribution in [2.24, 2.45) is 5.92 Å². The number of ether oxygens (including phenoxy) is 1. The highest BCUT2D eigenvalue weighted by Crippen LogP contribution is 2.24. The lowest BCUT2D eigenvalue weighted by Crippen LogP contribution is -2.45. The first-order chi connectivity index (χ1) is 11.7. The molecule has 1 atom stereocenters. The van der Waals surface area contributed by atoms with E-state index in [0.29, 0.717) is 12.0 Å². The van der Waals surface area contributed by atoms with Crippen LogP contribution in [-0.4, -0.2) is 36.1 Å². The van der Waals surface area contributed by atoms with Crippen molar-refractivity contribution in [2.45, 2.75) is 26.4 Å². The molecule has 1 aliphatic heterocycles. The summed E-state index contributed by atoms with van der Waals surface area (Å²) in [6, 6.07) is 13.1. The van der Waals surface area contributed by atoms with E-state index in [2.05, 4.69) is 59.4 Å². The van der Waals surface area contributed by atoms with Gasteiger partial charge >= 0.3 is 0 Å². The summed E-state index contributed by atoms with van der Waals surface area (Å²) in [6.07, 6.45) is 3.81. The highest BCUT2D eigenvalue weighted by Gasteiger charge is 2.23. The van der Waals surface area contributed by atoms with Crippen molar-refractivity contribution in [2.75, 3.05) is 26.2 Å². The van der Waals surface area contributed by atoms with Gasteiger partial charge in [0.05, 0.1) is 6.61 Å². The Labute approximate surface area is 157 Å². The smallest absolute Gasteiger partial charge is 0.119 e. The SMILES string of the molecule is CC(C)COc1ccc(CN2CCNCC2c2cccnc2)cc1.Cl. The largest absolute Gasteiger partial charge is 0.493 e. The number of piperazine rings is 1. The van der Waals surface area contributed by atoms with E-state index >= 15 is 0 Å². The van der Waals surface area contributed by atoms with Gasteiger partial charge in [-0.15, -0.1) is 12.4 Å². The number of rotatable bonds is 6. The molecule has 136 valence electrons. The number of hydrogen-bond donors (Lipinski definition) is 1. The summed E-state index contributed by atoms with van der Waals surface area (Å²) >= 11 is 0. The molecule has 1 aliphatic rings. The predicted molar refractivity (Wildman–Crippen MR) is 104 cm³/mol. The molecule has 2 aromatic rings. The van der Waals surface area contributed by atoms with E-state index in [9.17, 15) is 0 Å². The van der Waals surface area contributed by atoms with E-state index in [1.807, 2.05) is 18.5 Å². The molecule has 0 bridgehead atoms. The van der Waals surface area contributed by atoms with Crippen LogP contribution in [0.5, 0.6) is 5.75 Å². The number of halogens is 1. The van der Waals surface area contributed by atoms with Crippen molar-refractivity contribution in [3.63, 3.8) is 0 Å². The van der Waals surface area contributed by atoms with Crippen LogP contribution in [0.3, 0.4) is 0 Å². The van der Waals surface area contributed by atoms with E-state index in [-0.39, 0.29) is 12.4 Å². The summed E-state index contributed by atoms with van der Waals surface area (Å²) in [6.45, 7) is 9.10. The van der Waals surface area contributed by atoms with Crippen molar-refractivity contribution >= 4 is 12.4 Å². The first-order valence-corrected chi connectivity index (χ1v) is 8.79. The van der Waals surface area contributed by atoms with Crippen LogP contribution in [0.2, 0.25) is 0 Å². The fourth-order valence-corrected chi connectivity index (χ4v) is 3.03. The molecule has 0 saturated carbocycles. The van der Waals surface area contributed by atoms with E-state index in [0.717, 1.165) is 38.5 Å². The molecule has 1 fully saturated rings. The zero-order valence-electron chi connectivity index (χ0n) is 15.0. The second-order valence-corrected chi connectivity index (χ2v) is 6.83. The van der Waals surface area contributed by atoms with Gasteiger partial charge in [0.25, 0.3) is 0 Å². The Hall–Kier alpha value is -1.62. The average Bonchev–Trinajstić information content (AvgIpc) is 2.62. The van der Waals surface area contributed by atoms with Gasteiger partial charge < -0.3 is 10.1 Å². The number of nitrogens with one attached hydrogen (secondary N) is 1. The van der Waals surface area contributed by atoms with Crippen molar-refractivity contribution in [3.8, 4) is 5.75 Å². The molecule has 0 aliphatic carbocycles. The number of nitrogens with zero attached hydrogens (tertiary/aromatic N) is 2. The van der Waals surface area contributed by atoms with Gasteiger partial charge in [-0.25, -0.2) is 0 Å². The zero-order chi connectivity index (χ0) is 16.8. The van der Waals surface area contributed by atoms with Crippen molar-refractivity contribution in [1.29, 1.82) is 0 Å². The molecular weight excluding hydrogens is 334 g/mol. The summed E-state index contributed by atoms with van der Waals surface area (Å²) in [5.41, 5.74) is 2.60. The molecule has 1 N–H and O–H groups in total. The zero-order valence-corrected chi connectivity index (χ0v) is 15.8. The summed E-state index contributed by atoms with van der Waals surface area (Å²) in [5.74, 6) is 1.50. The quantitative estimate of drug-likeness (QED) is 0.851. The fourth-order valence-electron chi connectivity index (χ4n) is 3.03. The van der Waals surface area contributed by atoms with Gasteiger partial charge in [0.15, 0.2) is 0 Å². The highest BCUT2D eigenvalue weighted by atomic mass is 35.5. The standard InChI is InChI=1S/C20H27N3O.ClH/c1-16(2)15-24-19-7-5-17(6-8-19)14-23-11-10-22-13-20(23)18-4-3-9-21-12-18;/h3-9,12,16,20,22H,10-11,13-15H2,1-2H3;1H. The van der Waals surface area contributed by atoms with Crippen LogP contribution in [0.4, 0.5) is 0 Å². The van der Waals surface area contributed by atoms with E-state index < -0.39 is 0 Å². The maximum atomic E-state index is 5.77. The molecule has 3 rings (SSSR count). The lowest BCUT2D eigenvalue weighted by atomic mass is 10.0. The van der Waals surface area contributed by atoms with Gasteiger partial charge in [0.1, 0.15) is 5.75 Å². The van der Waals surface area contributed by atoms with Crippen LogP contribution in [0.25, 0.3) is 0 Å². The monoisotopic (exact) mass is 361 g/mol. The Morgan fingerprint density at radius 2 is 2.04 bits per heavy atom. The van der Waals surface area contributed by atoms with Gasteiger partial charge in [-0.2, -0.15) is 0 Å². The molecule has 1 unspecified atom stereocenters. The van der Waals surface area contributed by atoms with Gasteiger partial charge in [-0.05, 0) is 35.2 Å². The minimum absolute atomic E-state index is 0. The molecule has 1 saturated heterocycles. The molecule has 4 nitrogen and oxygen atoms in total.